The Kier molecular flexibility index (Phi) is 6.12. The van der Waals surface area contributed by atoms with Gasteiger partial charge >= 0.3 is 0 Å². The van der Waals surface area contributed by atoms with Crippen LogP contribution in [0.4, 0.5) is 5.69 Å². The monoisotopic (exact) mass is 468 g/mol. The van der Waals surface area contributed by atoms with Gasteiger partial charge in [0.2, 0.25) is 21.1 Å². The van der Waals surface area contributed by atoms with E-state index in [0.29, 0.717) is 23.1 Å². The summed E-state index contributed by atoms with van der Waals surface area (Å²) in [6.07, 6.45) is 0.508. The Balaban J connectivity index is 1.39. The van der Waals surface area contributed by atoms with Crippen LogP contribution in [0.25, 0.3) is 10.8 Å². The number of fused-ring (bicyclic) bond motifs is 1. The number of carbonyl (C=O) groups excluding carboxylic acids is 1. The Hall–Kier alpha value is -3.41. The molecule has 4 rings (SSSR count). The van der Waals surface area contributed by atoms with Gasteiger partial charge in [-0.05, 0) is 40.6 Å². The van der Waals surface area contributed by atoms with E-state index in [1.54, 1.807) is 0 Å². The second-order valence-electron chi connectivity index (χ2n) is 6.99. The van der Waals surface area contributed by atoms with Crippen LogP contribution in [0, 0.1) is 0 Å². The second-order valence-corrected chi connectivity index (χ2v) is 9.49. The van der Waals surface area contributed by atoms with Gasteiger partial charge in [-0.15, -0.1) is 10.2 Å². The Bertz CT molecular complexity index is 1380. The summed E-state index contributed by atoms with van der Waals surface area (Å²) < 4.78 is 24.0. The normalized spacial score (nSPS) is 11.5. The van der Waals surface area contributed by atoms with Gasteiger partial charge in [0, 0.05) is 12.1 Å². The number of hydrogen-bond donors (Lipinski definition) is 3. The van der Waals surface area contributed by atoms with Crippen molar-refractivity contribution in [1.29, 1.82) is 0 Å². The Morgan fingerprint density at radius 1 is 1.00 bits per heavy atom. The van der Waals surface area contributed by atoms with Crippen LogP contribution in [0.2, 0.25) is 0 Å². The molecule has 4 aromatic rings. The Morgan fingerprint density at radius 3 is 2.47 bits per heavy atom. The van der Waals surface area contributed by atoms with Crippen LogP contribution < -0.4 is 16.3 Å². The van der Waals surface area contributed by atoms with Gasteiger partial charge in [0.1, 0.15) is 0 Å². The molecule has 164 valence electrons. The summed E-state index contributed by atoms with van der Waals surface area (Å²) in [5.74, 6) is 6.51. The summed E-state index contributed by atoms with van der Waals surface area (Å²) in [5, 5.41) is 18.7. The third kappa shape index (κ3) is 4.90. The highest BCUT2D eigenvalue weighted by Crippen LogP contribution is 2.22. The van der Waals surface area contributed by atoms with Crippen molar-refractivity contribution in [3.05, 3.63) is 78.1 Å². The molecule has 0 aliphatic heterocycles. The van der Waals surface area contributed by atoms with Gasteiger partial charge in [0.25, 0.3) is 0 Å². The van der Waals surface area contributed by atoms with E-state index in [-0.39, 0.29) is 16.6 Å². The van der Waals surface area contributed by atoms with Gasteiger partial charge in [-0.3, -0.25) is 4.79 Å². The third-order valence-corrected chi connectivity index (χ3v) is 6.63. The van der Waals surface area contributed by atoms with Crippen LogP contribution in [-0.4, -0.2) is 35.0 Å². The molecule has 0 saturated heterocycles. The standard InChI is InChI=1S/C21H20N6O3S2/c22-27-19(12-15-6-3-5-14-4-1-2-7-18(14)15)25-26-21(27)31-13-20(28)24-16-8-10-17(11-9-16)32(23,29)30/h1-11H,12-13,22H2,(H,24,28)(H2,23,29,30). The minimum atomic E-state index is -3.78. The van der Waals surface area contributed by atoms with E-state index in [1.807, 2.05) is 36.4 Å². The molecule has 1 aromatic heterocycles. The molecule has 9 nitrogen and oxygen atoms in total. The zero-order valence-corrected chi connectivity index (χ0v) is 18.4. The van der Waals surface area contributed by atoms with E-state index < -0.39 is 10.0 Å². The lowest BCUT2D eigenvalue weighted by Gasteiger charge is -2.07. The maximum atomic E-state index is 12.3. The molecule has 5 N–H and O–H groups in total. The highest BCUT2D eigenvalue weighted by molar-refractivity contribution is 7.99. The summed E-state index contributed by atoms with van der Waals surface area (Å²) in [6.45, 7) is 0. The van der Waals surface area contributed by atoms with Crippen LogP contribution in [0.5, 0.6) is 0 Å². The van der Waals surface area contributed by atoms with Crippen molar-refractivity contribution < 1.29 is 13.2 Å². The lowest BCUT2D eigenvalue weighted by atomic mass is 10.0. The molecule has 0 fully saturated rings. The van der Waals surface area contributed by atoms with Gasteiger partial charge in [-0.25, -0.2) is 18.2 Å². The molecule has 1 amide bonds. The molecule has 32 heavy (non-hydrogen) atoms. The number of nitrogen functional groups attached to an aromatic ring is 1. The highest BCUT2D eigenvalue weighted by Gasteiger charge is 2.14. The van der Waals surface area contributed by atoms with Crippen molar-refractivity contribution in [1.82, 2.24) is 14.9 Å². The molecule has 0 unspecified atom stereocenters. The number of amides is 1. The van der Waals surface area contributed by atoms with Crippen LogP contribution in [0.15, 0.2) is 76.8 Å². The predicted molar refractivity (Wildman–Crippen MR) is 124 cm³/mol. The smallest absolute Gasteiger partial charge is 0.238 e. The van der Waals surface area contributed by atoms with Gasteiger partial charge in [-0.2, -0.15) is 0 Å². The summed E-state index contributed by atoms with van der Waals surface area (Å²) in [7, 11) is -3.78. The Morgan fingerprint density at radius 2 is 1.72 bits per heavy atom. The molecule has 0 saturated carbocycles. The topological polar surface area (TPSA) is 146 Å². The number of rotatable bonds is 7. The number of nitrogens with one attached hydrogen (secondary N) is 1. The first-order chi connectivity index (χ1) is 15.3. The number of nitrogens with zero attached hydrogens (tertiary/aromatic N) is 3. The van der Waals surface area contributed by atoms with Gasteiger partial charge < -0.3 is 11.2 Å². The number of sulfonamides is 1. The SMILES string of the molecule is Nn1c(Cc2cccc3ccccc23)nnc1SCC(=O)Nc1ccc(S(N)(=O)=O)cc1. The van der Waals surface area contributed by atoms with Crippen LogP contribution in [-0.2, 0) is 21.2 Å². The van der Waals surface area contributed by atoms with Crippen LogP contribution in [0.1, 0.15) is 11.4 Å². The lowest BCUT2D eigenvalue weighted by Crippen LogP contribution is -2.17. The van der Waals surface area contributed by atoms with Crippen molar-refractivity contribution in [3.8, 4) is 0 Å². The third-order valence-electron chi connectivity index (χ3n) is 4.76. The average molecular weight is 469 g/mol. The minimum absolute atomic E-state index is 0.0279. The van der Waals surface area contributed by atoms with E-state index in [4.69, 9.17) is 11.0 Å². The van der Waals surface area contributed by atoms with E-state index >= 15 is 0 Å². The number of nitrogens with two attached hydrogens (primary N) is 2. The molecule has 3 aromatic carbocycles. The minimum Gasteiger partial charge on any atom is -0.336 e. The Labute approximate surface area is 188 Å². The predicted octanol–water partition coefficient (Wildman–Crippen LogP) is 2.11. The molecule has 0 aliphatic carbocycles. The van der Waals surface area contributed by atoms with Gasteiger partial charge in [0.05, 0.1) is 10.6 Å². The number of hydrogen-bond acceptors (Lipinski definition) is 7. The first kappa shape index (κ1) is 21.8. The highest BCUT2D eigenvalue weighted by atomic mass is 32.2. The van der Waals surface area contributed by atoms with E-state index in [1.165, 1.54) is 28.9 Å². The molecular formula is C21H20N6O3S2. The van der Waals surface area contributed by atoms with Gasteiger partial charge in [-0.1, -0.05) is 54.2 Å². The second kappa shape index (κ2) is 8.99. The number of anilines is 1. The first-order valence-electron chi connectivity index (χ1n) is 9.53. The van der Waals surface area contributed by atoms with Crippen LogP contribution in [0.3, 0.4) is 0 Å². The summed E-state index contributed by atoms with van der Waals surface area (Å²) in [5.41, 5.74) is 1.54. The number of benzene rings is 3. The number of thioether (sulfide) groups is 1. The van der Waals surface area contributed by atoms with E-state index in [0.717, 1.165) is 28.1 Å². The average Bonchev–Trinajstić information content (AvgIpc) is 3.11. The first-order valence-corrected chi connectivity index (χ1v) is 12.1. The van der Waals surface area contributed by atoms with Crippen LogP contribution >= 0.6 is 11.8 Å². The molecule has 0 bridgehead atoms. The van der Waals surface area contributed by atoms with Crippen molar-refractivity contribution in [3.63, 3.8) is 0 Å². The fraction of sp³-hybridized carbons (Fsp3) is 0.0952. The number of primary sulfonamides is 1. The number of aromatic nitrogens is 3. The fourth-order valence-corrected chi connectivity index (χ4v) is 4.39. The molecule has 0 radical (unpaired) electrons. The molecule has 0 spiro atoms. The van der Waals surface area contributed by atoms with E-state index in [9.17, 15) is 13.2 Å². The van der Waals surface area contributed by atoms with Gasteiger partial charge in [0.15, 0.2) is 5.82 Å². The number of carbonyl (C=O) groups is 1. The molecule has 0 atom stereocenters. The molecule has 1 heterocycles. The lowest BCUT2D eigenvalue weighted by molar-refractivity contribution is -0.113. The molecule has 11 heteroatoms. The molecular weight excluding hydrogens is 448 g/mol. The van der Waals surface area contributed by atoms with E-state index in [2.05, 4.69) is 21.6 Å². The maximum absolute atomic E-state index is 12.3. The van der Waals surface area contributed by atoms with Crippen molar-refractivity contribution in [2.24, 2.45) is 5.14 Å². The summed E-state index contributed by atoms with van der Waals surface area (Å²) in [6, 6.07) is 19.7. The van der Waals surface area contributed by atoms with Crippen molar-refractivity contribution in [2.45, 2.75) is 16.5 Å². The summed E-state index contributed by atoms with van der Waals surface area (Å²) in [4.78, 5) is 12.2. The maximum Gasteiger partial charge on any atom is 0.238 e. The zero-order valence-electron chi connectivity index (χ0n) is 16.8. The van der Waals surface area contributed by atoms with Crippen molar-refractivity contribution in [2.75, 3.05) is 16.9 Å². The fourth-order valence-electron chi connectivity index (χ4n) is 3.20. The quantitative estimate of drug-likeness (QED) is 0.278. The zero-order chi connectivity index (χ0) is 22.7. The summed E-state index contributed by atoms with van der Waals surface area (Å²) >= 11 is 1.15. The van der Waals surface area contributed by atoms with Crippen molar-refractivity contribution >= 4 is 44.2 Å². The molecule has 0 aliphatic rings. The largest absolute Gasteiger partial charge is 0.336 e.